The van der Waals surface area contributed by atoms with Gasteiger partial charge in [0.25, 0.3) is 0 Å². The summed E-state index contributed by atoms with van der Waals surface area (Å²) in [6, 6.07) is 0. The van der Waals surface area contributed by atoms with Crippen LogP contribution in [0, 0.1) is 0 Å². The molecule has 0 spiro atoms. The van der Waals surface area contributed by atoms with Crippen molar-refractivity contribution in [3.05, 3.63) is 12.2 Å². The van der Waals surface area contributed by atoms with Crippen molar-refractivity contribution >= 4 is 19.8 Å². The number of rotatable bonds is 45. The van der Waals surface area contributed by atoms with Gasteiger partial charge >= 0.3 is 19.8 Å². The van der Waals surface area contributed by atoms with Crippen molar-refractivity contribution in [1.29, 1.82) is 0 Å². The summed E-state index contributed by atoms with van der Waals surface area (Å²) in [5.41, 5.74) is 0. The molecular weight excluding hydrogens is 723 g/mol. The molecule has 0 aliphatic heterocycles. The number of hydrogen-bond acceptors (Lipinski definition) is 7. The Hall–Kier alpha value is -1.21. The van der Waals surface area contributed by atoms with Crippen LogP contribution in [0.2, 0.25) is 0 Å². The molecule has 56 heavy (non-hydrogen) atoms. The Morgan fingerprint density at radius 1 is 0.464 bits per heavy atom. The first-order chi connectivity index (χ1) is 27.3. The van der Waals surface area contributed by atoms with E-state index in [2.05, 4.69) is 26.0 Å². The zero-order valence-electron chi connectivity index (χ0n) is 37.1. The van der Waals surface area contributed by atoms with Gasteiger partial charge in [0.15, 0.2) is 6.10 Å². The predicted molar refractivity (Wildman–Crippen MR) is 235 cm³/mol. The fourth-order valence-electron chi connectivity index (χ4n) is 7.04. The van der Waals surface area contributed by atoms with E-state index in [-0.39, 0.29) is 25.6 Å². The van der Waals surface area contributed by atoms with Crippen molar-refractivity contribution < 1.29 is 37.6 Å². The largest absolute Gasteiger partial charge is 0.472 e. The topological polar surface area (TPSA) is 108 Å². The molecule has 0 amide bonds. The summed E-state index contributed by atoms with van der Waals surface area (Å²) in [5.74, 6) is -0.794. The summed E-state index contributed by atoms with van der Waals surface area (Å²) in [7, 11) is -4.28. The summed E-state index contributed by atoms with van der Waals surface area (Å²) in [6.45, 7) is 5.49. The van der Waals surface area contributed by atoms with E-state index in [1.165, 1.54) is 161 Å². The zero-order valence-corrected chi connectivity index (χ0v) is 38.0. The minimum atomic E-state index is -4.28. The molecule has 8 nitrogen and oxygen atoms in total. The molecule has 332 valence electrons. The number of carbonyl (C=O) groups is 2. The SMILES string of the molecule is CCCCCC/C=C\CCCCCCCC(=O)OC(COC(=O)CCCCCCCCCCCCCCCCCCCCCCCCC)COP(=O)(O)OCC. The fraction of sp³-hybridized carbons (Fsp3) is 0.915. The third-order valence-electron chi connectivity index (χ3n) is 10.6. The molecule has 2 unspecified atom stereocenters. The molecule has 0 rings (SSSR count). The van der Waals surface area contributed by atoms with Crippen molar-refractivity contribution in [3.63, 3.8) is 0 Å². The van der Waals surface area contributed by atoms with Gasteiger partial charge < -0.3 is 14.4 Å². The van der Waals surface area contributed by atoms with Crippen LogP contribution in [0.4, 0.5) is 0 Å². The van der Waals surface area contributed by atoms with Crippen LogP contribution in [0.3, 0.4) is 0 Å². The molecule has 0 fully saturated rings. The molecule has 0 aromatic rings. The third-order valence-corrected chi connectivity index (χ3v) is 11.6. The summed E-state index contributed by atoms with van der Waals surface area (Å²) in [4.78, 5) is 34.8. The minimum absolute atomic E-state index is 0.00210. The minimum Gasteiger partial charge on any atom is -0.462 e. The maximum atomic E-state index is 12.5. The van der Waals surface area contributed by atoms with E-state index in [1.807, 2.05) is 0 Å². The maximum Gasteiger partial charge on any atom is 0.472 e. The van der Waals surface area contributed by atoms with Gasteiger partial charge in [0.2, 0.25) is 0 Å². The first-order valence-electron chi connectivity index (χ1n) is 24.0. The van der Waals surface area contributed by atoms with Gasteiger partial charge in [-0.3, -0.25) is 18.6 Å². The average molecular weight is 815 g/mol. The summed E-state index contributed by atoms with van der Waals surface area (Å²) in [6.07, 6.45) is 47.1. The molecule has 0 aromatic heterocycles. The summed E-state index contributed by atoms with van der Waals surface area (Å²) >= 11 is 0. The Morgan fingerprint density at radius 3 is 1.20 bits per heavy atom. The fourth-order valence-corrected chi connectivity index (χ4v) is 7.79. The molecule has 0 saturated carbocycles. The van der Waals surface area contributed by atoms with Gasteiger partial charge in [-0.1, -0.05) is 206 Å². The number of ether oxygens (including phenoxy) is 2. The Bertz CT molecular complexity index is 926. The summed E-state index contributed by atoms with van der Waals surface area (Å²) in [5, 5.41) is 0. The van der Waals surface area contributed by atoms with Crippen LogP contribution >= 0.6 is 7.82 Å². The van der Waals surface area contributed by atoms with Crippen LogP contribution in [0.1, 0.15) is 252 Å². The van der Waals surface area contributed by atoms with Gasteiger partial charge in [-0.25, -0.2) is 4.57 Å². The van der Waals surface area contributed by atoms with Gasteiger partial charge in [-0.2, -0.15) is 0 Å². The van der Waals surface area contributed by atoms with Crippen molar-refractivity contribution in [2.24, 2.45) is 0 Å². The van der Waals surface area contributed by atoms with E-state index in [9.17, 15) is 19.0 Å². The van der Waals surface area contributed by atoms with Crippen LogP contribution in [-0.4, -0.2) is 42.8 Å². The van der Waals surface area contributed by atoms with E-state index in [1.54, 1.807) is 6.92 Å². The lowest BCUT2D eigenvalue weighted by molar-refractivity contribution is -0.161. The van der Waals surface area contributed by atoms with Gasteiger partial charge in [0.05, 0.1) is 13.2 Å². The van der Waals surface area contributed by atoms with E-state index in [0.717, 1.165) is 51.4 Å². The monoisotopic (exact) mass is 815 g/mol. The number of unbranched alkanes of at least 4 members (excludes halogenated alkanes) is 31. The van der Waals surface area contributed by atoms with Crippen LogP contribution in [0.5, 0.6) is 0 Å². The maximum absolute atomic E-state index is 12.5. The zero-order chi connectivity index (χ0) is 41.1. The quantitative estimate of drug-likeness (QED) is 0.0280. The van der Waals surface area contributed by atoms with E-state index < -0.39 is 26.5 Å². The first kappa shape index (κ1) is 54.8. The molecule has 0 radical (unpaired) electrons. The standard InChI is InChI=1S/C47H91O8P/c1-4-7-9-11-13-15-17-19-20-21-22-23-24-25-26-27-28-30-31-33-35-37-39-41-46(48)52-43-45(44-54-56(50,51)53-6-3)55-47(49)42-40-38-36-34-32-29-18-16-14-12-10-8-5-2/h16,18,45H,4-15,17,19-44H2,1-3H3,(H,50,51)/b18-16-. The number of carbonyl (C=O) groups excluding carboxylic acids is 2. The number of phosphoric ester groups is 1. The van der Waals surface area contributed by atoms with Gasteiger partial charge in [0.1, 0.15) is 6.61 Å². The number of allylic oxidation sites excluding steroid dienone is 2. The van der Waals surface area contributed by atoms with Gasteiger partial charge in [-0.15, -0.1) is 0 Å². The Kier molecular flexibility index (Phi) is 42.4. The first-order valence-corrected chi connectivity index (χ1v) is 25.5. The molecule has 2 atom stereocenters. The molecule has 9 heteroatoms. The molecule has 0 aliphatic rings. The number of esters is 2. The van der Waals surface area contributed by atoms with Gasteiger partial charge in [-0.05, 0) is 45.4 Å². The molecule has 0 heterocycles. The smallest absolute Gasteiger partial charge is 0.462 e. The lowest BCUT2D eigenvalue weighted by Gasteiger charge is -2.19. The third kappa shape index (κ3) is 42.4. The van der Waals surface area contributed by atoms with E-state index in [0.29, 0.717) is 12.8 Å². The number of hydrogen-bond donors (Lipinski definition) is 1. The lowest BCUT2D eigenvalue weighted by atomic mass is 10.0. The van der Waals surface area contributed by atoms with E-state index >= 15 is 0 Å². The highest BCUT2D eigenvalue weighted by Crippen LogP contribution is 2.43. The molecular formula is C47H91O8P. The van der Waals surface area contributed by atoms with Crippen LogP contribution in [0.15, 0.2) is 12.2 Å². The average Bonchev–Trinajstić information content (AvgIpc) is 3.18. The lowest BCUT2D eigenvalue weighted by Crippen LogP contribution is -2.29. The van der Waals surface area contributed by atoms with Crippen molar-refractivity contribution in [3.8, 4) is 0 Å². The summed E-state index contributed by atoms with van der Waals surface area (Å²) < 4.78 is 32.7. The van der Waals surface area contributed by atoms with Crippen LogP contribution < -0.4 is 0 Å². The second-order valence-corrected chi connectivity index (χ2v) is 17.6. The molecule has 0 bridgehead atoms. The highest BCUT2D eigenvalue weighted by atomic mass is 31.2. The Labute approximate surface area is 346 Å². The normalized spacial score (nSPS) is 13.3. The number of phosphoric acid groups is 1. The molecule has 0 aromatic carbocycles. The van der Waals surface area contributed by atoms with Crippen molar-refractivity contribution in [1.82, 2.24) is 0 Å². The Morgan fingerprint density at radius 2 is 0.804 bits per heavy atom. The van der Waals surface area contributed by atoms with Crippen molar-refractivity contribution in [2.45, 2.75) is 258 Å². The highest BCUT2D eigenvalue weighted by Gasteiger charge is 2.25. The van der Waals surface area contributed by atoms with Crippen LogP contribution in [-0.2, 0) is 32.7 Å². The van der Waals surface area contributed by atoms with Crippen LogP contribution in [0.25, 0.3) is 0 Å². The molecule has 0 aliphatic carbocycles. The van der Waals surface area contributed by atoms with Crippen molar-refractivity contribution in [2.75, 3.05) is 19.8 Å². The predicted octanol–water partition coefficient (Wildman–Crippen LogP) is 15.2. The highest BCUT2D eigenvalue weighted by molar-refractivity contribution is 7.47. The molecule has 1 N–H and O–H groups in total. The Balaban J connectivity index is 3.91. The second-order valence-electron chi connectivity index (χ2n) is 16.1. The van der Waals surface area contributed by atoms with E-state index in [4.69, 9.17) is 18.5 Å². The van der Waals surface area contributed by atoms with Gasteiger partial charge in [0, 0.05) is 12.8 Å². The second kappa shape index (κ2) is 43.4. The molecule has 0 saturated heterocycles.